The standard InChI is InChI=1S/C19H16ClN5O3S2/c1-10-8-12(11(2)24(10)15-7-5-4-6-14(15)20)9-13-16(21)25-18(22-17(13)26)29-23-19(25)30(3,27)28/h4-9,21H,1-3H3/b13-9-,21-16?. The number of halogens is 1. The second kappa shape index (κ2) is 7.22. The molecular formula is C19H16ClN5O3S2. The lowest BCUT2D eigenvalue weighted by Gasteiger charge is -2.23. The number of rotatable bonds is 2. The van der Waals surface area contributed by atoms with Gasteiger partial charge in [-0.3, -0.25) is 10.2 Å². The van der Waals surface area contributed by atoms with Crippen LogP contribution in [0.5, 0.6) is 0 Å². The number of nitrogens with zero attached hydrogens (tertiary/aromatic N) is 4. The monoisotopic (exact) mass is 461 g/mol. The van der Waals surface area contributed by atoms with Gasteiger partial charge in [-0.05, 0) is 43.7 Å². The van der Waals surface area contributed by atoms with Gasteiger partial charge in [0.1, 0.15) is 5.84 Å². The lowest BCUT2D eigenvalue weighted by atomic mass is 10.1. The normalized spacial score (nSPS) is 18.0. The SMILES string of the molecule is Cc1cc(/C=C2/C(=N)N3C(=NC2=O)SN=C3S(C)(=O)=O)c(C)n1-c1ccccc1Cl. The quantitative estimate of drug-likeness (QED) is 0.544. The number of benzene rings is 1. The number of hydrogen-bond acceptors (Lipinski definition) is 6. The van der Waals surface area contributed by atoms with Crippen molar-refractivity contribution in [3.63, 3.8) is 0 Å². The number of sulfone groups is 1. The number of aromatic nitrogens is 1. The van der Waals surface area contributed by atoms with Gasteiger partial charge < -0.3 is 4.57 Å². The van der Waals surface area contributed by atoms with Gasteiger partial charge in [-0.15, -0.1) is 0 Å². The molecule has 0 bridgehead atoms. The number of aliphatic imine (C=N–C) groups is 1. The Morgan fingerprint density at radius 2 is 1.93 bits per heavy atom. The van der Waals surface area contributed by atoms with Crippen molar-refractivity contribution in [1.29, 1.82) is 5.41 Å². The number of para-hydroxylation sites is 1. The summed E-state index contributed by atoms with van der Waals surface area (Å²) in [5, 5.41) is 8.79. The molecule has 0 fully saturated rings. The molecule has 1 amide bonds. The lowest BCUT2D eigenvalue weighted by molar-refractivity contribution is -0.114. The molecule has 0 unspecified atom stereocenters. The summed E-state index contributed by atoms with van der Waals surface area (Å²) in [6.45, 7) is 3.79. The first kappa shape index (κ1) is 20.6. The van der Waals surface area contributed by atoms with Gasteiger partial charge in [-0.25, -0.2) is 13.3 Å². The molecule has 2 aliphatic rings. The van der Waals surface area contributed by atoms with Crippen LogP contribution in [0.4, 0.5) is 0 Å². The minimum absolute atomic E-state index is 0.0167. The topological polar surface area (TPSA) is 108 Å². The molecular weight excluding hydrogens is 446 g/mol. The van der Waals surface area contributed by atoms with Crippen LogP contribution in [-0.4, -0.2) is 46.2 Å². The van der Waals surface area contributed by atoms with Crippen LogP contribution < -0.4 is 0 Å². The fourth-order valence-corrected chi connectivity index (χ4v) is 5.40. The highest BCUT2D eigenvalue weighted by Crippen LogP contribution is 2.31. The summed E-state index contributed by atoms with van der Waals surface area (Å²) in [6.07, 6.45) is 2.54. The molecule has 0 aliphatic carbocycles. The van der Waals surface area contributed by atoms with Gasteiger partial charge >= 0.3 is 0 Å². The zero-order chi connectivity index (χ0) is 21.8. The first-order valence-electron chi connectivity index (χ1n) is 8.72. The Morgan fingerprint density at radius 1 is 1.23 bits per heavy atom. The molecule has 0 atom stereocenters. The third kappa shape index (κ3) is 3.30. The number of amidine groups is 3. The van der Waals surface area contributed by atoms with E-state index < -0.39 is 15.7 Å². The summed E-state index contributed by atoms with van der Waals surface area (Å²) in [5.74, 6) is -0.895. The molecule has 3 heterocycles. The highest BCUT2D eigenvalue weighted by Gasteiger charge is 2.41. The van der Waals surface area contributed by atoms with E-state index in [0.29, 0.717) is 10.6 Å². The van der Waals surface area contributed by atoms with Crippen molar-refractivity contribution < 1.29 is 13.2 Å². The van der Waals surface area contributed by atoms with E-state index in [4.69, 9.17) is 17.0 Å². The Labute approximate surface area is 182 Å². The molecule has 30 heavy (non-hydrogen) atoms. The predicted molar refractivity (Wildman–Crippen MR) is 120 cm³/mol. The van der Waals surface area contributed by atoms with Crippen LogP contribution in [-0.2, 0) is 14.6 Å². The van der Waals surface area contributed by atoms with Crippen molar-refractivity contribution in [3.8, 4) is 5.69 Å². The number of fused-ring (bicyclic) bond motifs is 1. The molecule has 4 rings (SSSR count). The third-order valence-electron chi connectivity index (χ3n) is 4.69. The molecule has 1 aromatic carbocycles. The number of carbonyl (C=O) groups excluding carboxylic acids is 1. The number of carbonyl (C=O) groups is 1. The van der Waals surface area contributed by atoms with Crippen LogP contribution in [0.2, 0.25) is 5.02 Å². The summed E-state index contributed by atoms with van der Waals surface area (Å²) < 4.78 is 29.8. The van der Waals surface area contributed by atoms with Crippen molar-refractivity contribution in [3.05, 3.63) is 57.9 Å². The molecule has 2 aliphatic heterocycles. The Bertz CT molecular complexity index is 1320. The Morgan fingerprint density at radius 3 is 2.60 bits per heavy atom. The summed E-state index contributed by atoms with van der Waals surface area (Å²) >= 11 is 7.11. The van der Waals surface area contributed by atoms with Gasteiger partial charge in [-0.2, -0.15) is 9.39 Å². The third-order valence-corrected chi connectivity index (χ3v) is 6.76. The minimum atomic E-state index is -3.70. The van der Waals surface area contributed by atoms with Crippen LogP contribution in [0.1, 0.15) is 17.0 Å². The number of nitrogens with one attached hydrogen (secondary N) is 1. The molecule has 11 heteroatoms. The predicted octanol–water partition coefficient (Wildman–Crippen LogP) is 3.37. The van der Waals surface area contributed by atoms with Crippen LogP contribution in [0, 0.1) is 19.3 Å². The van der Waals surface area contributed by atoms with Gasteiger partial charge in [0.25, 0.3) is 5.91 Å². The van der Waals surface area contributed by atoms with E-state index in [1.807, 2.05) is 42.7 Å². The molecule has 8 nitrogen and oxygen atoms in total. The Kier molecular flexibility index (Phi) is 4.95. The highest BCUT2D eigenvalue weighted by atomic mass is 35.5. The van der Waals surface area contributed by atoms with Gasteiger partial charge in [0.05, 0.1) is 28.2 Å². The maximum Gasteiger partial charge on any atom is 0.283 e. The van der Waals surface area contributed by atoms with Gasteiger partial charge in [0.2, 0.25) is 20.2 Å². The van der Waals surface area contributed by atoms with E-state index in [1.165, 1.54) is 0 Å². The minimum Gasteiger partial charge on any atom is -0.316 e. The van der Waals surface area contributed by atoms with E-state index in [2.05, 4.69) is 9.39 Å². The molecule has 1 aromatic heterocycles. The molecule has 0 saturated heterocycles. The number of hydrogen-bond donors (Lipinski definition) is 1. The van der Waals surface area contributed by atoms with Crippen LogP contribution in [0.25, 0.3) is 11.8 Å². The Balaban J connectivity index is 1.81. The van der Waals surface area contributed by atoms with Gasteiger partial charge in [0.15, 0.2) is 0 Å². The molecule has 0 radical (unpaired) electrons. The number of aryl methyl sites for hydroxylation is 1. The van der Waals surface area contributed by atoms with Crippen molar-refractivity contribution in [2.75, 3.05) is 6.26 Å². The van der Waals surface area contributed by atoms with E-state index in [0.717, 1.165) is 40.2 Å². The van der Waals surface area contributed by atoms with Crippen molar-refractivity contribution in [2.24, 2.45) is 9.39 Å². The van der Waals surface area contributed by atoms with Gasteiger partial charge in [0, 0.05) is 17.6 Å². The Hall–Kier alpha value is -2.69. The maximum absolute atomic E-state index is 12.6. The van der Waals surface area contributed by atoms with Crippen molar-refractivity contribution in [2.45, 2.75) is 13.8 Å². The second-order valence-corrected chi connectivity index (χ2v) is 9.84. The zero-order valence-corrected chi connectivity index (χ0v) is 18.6. The lowest BCUT2D eigenvalue weighted by Crippen LogP contribution is -2.45. The van der Waals surface area contributed by atoms with E-state index in [1.54, 1.807) is 12.1 Å². The fourth-order valence-electron chi connectivity index (χ4n) is 3.33. The average molecular weight is 462 g/mol. The molecule has 0 saturated carbocycles. The maximum atomic E-state index is 12.6. The van der Waals surface area contributed by atoms with E-state index in [9.17, 15) is 13.2 Å². The largest absolute Gasteiger partial charge is 0.316 e. The summed E-state index contributed by atoms with van der Waals surface area (Å²) in [7, 11) is -3.70. The second-order valence-electron chi connectivity index (χ2n) is 6.79. The number of amides is 1. The van der Waals surface area contributed by atoms with E-state index >= 15 is 0 Å². The summed E-state index contributed by atoms with van der Waals surface area (Å²) in [6, 6.07) is 9.28. The first-order chi connectivity index (χ1) is 14.1. The van der Waals surface area contributed by atoms with Crippen LogP contribution in [0.3, 0.4) is 0 Å². The summed E-state index contributed by atoms with van der Waals surface area (Å²) in [5.41, 5.74) is 3.19. The van der Waals surface area contributed by atoms with Crippen LogP contribution >= 0.6 is 23.5 Å². The molecule has 2 aromatic rings. The first-order valence-corrected chi connectivity index (χ1v) is 11.8. The molecule has 0 spiro atoms. The fraction of sp³-hybridized carbons (Fsp3) is 0.158. The van der Waals surface area contributed by atoms with Crippen molar-refractivity contribution >= 4 is 61.5 Å². The van der Waals surface area contributed by atoms with E-state index in [-0.39, 0.29) is 21.7 Å². The smallest absolute Gasteiger partial charge is 0.283 e. The van der Waals surface area contributed by atoms with Gasteiger partial charge in [-0.1, -0.05) is 23.7 Å². The van der Waals surface area contributed by atoms with Crippen molar-refractivity contribution in [1.82, 2.24) is 9.47 Å². The molecule has 154 valence electrons. The zero-order valence-electron chi connectivity index (χ0n) is 16.2. The summed E-state index contributed by atoms with van der Waals surface area (Å²) in [4.78, 5) is 17.6. The molecule has 1 N–H and O–H groups in total. The van der Waals surface area contributed by atoms with Crippen LogP contribution in [0.15, 0.2) is 45.3 Å². The average Bonchev–Trinajstić information content (AvgIpc) is 3.20. The highest BCUT2D eigenvalue weighted by molar-refractivity contribution is 8.16.